The van der Waals surface area contributed by atoms with Crippen molar-refractivity contribution in [2.75, 3.05) is 36.6 Å². The van der Waals surface area contributed by atoms with Gasteiger partial charge in [0.05, 0.1) is 18.1 Å². The highest BCUT2D eigenvalue weighted by Crippen LogP contribution is 2.10. The highest BCUT2D eigenvalue weighted by Gasteiger charge is 2.01. The number of nitrogens with one attached hydrogen (secondary N) is 2. The zero-order valence-electron chi connectivity index (χ0n) is 9.93. The maximum absolute atomic E-state index is 11.0. The summed E-state index contributed by atoms with van der Waals surface area (Å²) in [5.41, 5.74) is 0.454. The average molecular weight is 259 g/mol. The molecule has 0 saturated heterocycles. The number of pyridine rings is 1. The first-order valence-electron chi connectivity index (χ1n) is 5.18. The molecule has 7 heteroatoms. The quantitative estimate of drug-likeness (QED) is 0.711. The molecule has 0 radical (unpaired) electrons. The SMILES string of the molecule is COCCCNc1ccc(NS(C)(=O)=O)cn1. The molecule has 6 nitrogen and oxygen atoms in total. The number of methoxy groups -OCH3 is 1. The van der Waals surface area contributed by atoms with E-state index in [1.807, 2.05) is 0 Å². The molecule has 1 heterocycles. The summed E-state index contributed by atoms with van der Waals surface area (Å²) in [5, 5.41) is 3.10. The van der Waals surface area contributed by atoms with E-state index in [2.05, 4.69) is 15.0 Å². The van der Waals surface area contributed by atoms with E-state index in [9.17, 15) is 8.42 Å². The zero-order chi connectivity index (χ0) is 12.7. The third-order valence-corrected chi connectivity index (χ3v) is 2.50. The van der Waals surface area contributed by atoms with Gasteiger partial charge in [-0.3, -0.25) is 4.72 Å². The van der Waals surface area contributed by atoms with Crippen molar-refractivity contribution in [3.63, 3.8) is 0 Å². The first-order valence-corrected chi connectivity index (χ1v) is 7.07. The van der Waals surface area contributed by atoms with Crippen molar-refractivity contribution in [1.29, 1.82) is 0 Å². The molecule has 1 aromatic heterocycles. The summed E-state index contributed by atoms with van der Waals surface area (Å²) < 4.78 is 29.2. The molecular formula is C10H17N3O3S. The van der Waals surface area contributed by atoms with Gasteiger partial charge in [-0.05, 0) is 18.6 Å². The lowest BCUT2D eigenvalue weighted by molar-refractivity contribution is 0.198. The van der Waals surface area contributed by atoms with Gasteiger partial charge in [0.25, 0.3) is 0 Å². The predicted molar refractivity (Wildman–Crippen MR) is 67.7 cm³/mol. The van der Waals surface area contributed by atoms with Crippen LogP contribution in [-0.4, -0.2) is 39.9 Å². The number of sulfonamides is 1. The van der Waals surface area contributed by atoms with Crippen molar-refractivity contribution in [2.45, 2.75) is 6.42 Å². The highest BCUT2D eigenvalue weighted by molar-refractivity contribution is 7.92. The molecule has 0 saturated carbocycles. The molecule has 1 rings (SSSR count). The number of hydrogen-bond acceptors (Lipinski definition) is 5. The third kappa shape index (κ3) is 6.08. The molecule has 0 aliphatic rings. The zero-order valence-corrected chi connectivity index (χ0v) is 10.8. The summed E-state index contributed by atoms with van der Waals surface area (Å²) >= 11 is 0. The second-order valence-electron chi connectivity index (χ2n) is 3.58. The summed E-state index contributed by atoms with van der Waals surface area (Å²) in [6, 6.07) is 3.38. The van der Waals surface area contributed by atoms with Crippen LogP contribution in [0.4, 0.5) is 11.5 Å². The van der Waals surface area contributed by atoms with Crippen LogP contribution < -0.4 is 10.0 Å². The van der Waals surface area contributed by atoms with Crippen LogP contribution in [0.15, 0.2) is 18.3 Å². The molecule has 0 spiro atoms. The van der Waals surface area contributed by atoms with Gasteiger partial charge in [-0.25, -0.2) is 13.4 Å². The van der Waals surface area contributed by atoms with E-state index < -0.39 is 10.0 Å². The minimum absolute atomic E-state index is 0.454. The molecule has 96 valence electrons. The van der Waals surface area contributed by atoms with Crippen LogP contribution in [0.5, 0.6) is 0 Å². The standard InChI is InChI=1S/C10H17N3O3S/c1-16-7-3-6-11-10-5-4-9(8-12-10)13-17(2,14)15/h4-5,8,13H,3,6-7H2,1-2H3,(H,11,12). The number of hydrogen-bond donors (Lipinski definition) is 2. The van der Waals surface area contributed by atoms with E-state index in [4.69, 9.17) is 4.74 Å². The van der Waals surface area contributed by atoms with Crippen LogP contribution in [0.3, 0.4) is 0 Å². The molecule has 17 heavy (non-hydrogen) atoms. The number of anilines is 2. The molecule has 0 fully saturated rings. The van der Waals surface area contributed by atoms with Crippen LogP contribution in [0.2, 0.25) is 0 Å². The van der Waals surface area contributed by atoms with Crippen molar-refractivity contribution >= 4 is 21.5 Å². The Morgan fingerprint density at radius 1 is 1.41 bits per heavy atom. The van der Waals surface area contributed by atoms with Gasteiger partial charge in [-0.2, -0.15) is 0 Å². The lowest BCUT2D eigenvalue weighted by Crippen LogP contribution is -2.10. The number of nitrogens with zero attached hydrogens (tertiary/aromatic N) is 1. The smallest absolute Gasteiger partial charge is 0.229 e. The number of rotatable bonds is 7. The van der Waals surface area contributed by atoms with Gasteiger partial charge in [-0.1, -0.05) is 0 Å². The number of ether oxygens (including phenoxy) is 1. The summed E-state index contributed by atoms with van der Waals surface area (Å²) in [6.07, 6.45) is 3.46. The van der Waals surface area contributed by atoms with E-state index in [1.54, 1.807) is 19.2 Å². The minimum atomic E-state index is -3.24. The van der Waals surface area contributed by atoms with Crippen LogP contribution in [0.1, 0.15) is 6.42 Å². The Balaban J connectivity index is 2.45. The predicted octanol–water partition coefficient (Wildman–Crippen LogP) is 0.902. The van der Waals surface area contributed by atoms with Gasteiger partial charge in [0.1, 0.15) is 5.82 Å². The molecule has 0 aromatic carbocycles. The van der Waals surface area contributed by atoms with Crippen molar-refractivity contribution in [3.05, 3.63) is 18.3 Å². The molecule has 2 N–H and O–H groups in total. The molecular weight excluding hydrogens is 242 g/mol. The lowest BCUT2D eigenvalue weighted by atomic mass is 10.4. The fourth-order valence-electron chi connectivity index (χ4n) is 1.21. The number of aromatic nitrogens is 1. The van der Waals surface area contributed by atoms with Gasteiger partial charge in [0, 0.05) is 20.3 Å². The Kier molecular flexibility index (Phi) is 5.17. The molecule has 0 atom stereocenters. The van der Waals surface area contributed by atoms with E-state index in [0.717, 1.165) is 19.2 Å². The van der Waals surface area contributed by atoms with Gasteiger partial charge in [-0.15, -0.1) is 0 Å². The summed E-state index contributed by atoms with van der Waals surface area (Å²) in [5.74, 6) is 0.708. The first-order chi connectivity index (χ1) is 8.01. The summed E-state index contributed by atoms with van der Waals surface area (Å²) in [7, 11) is -1.58. The summed E-state index contributed by atoms with van der Waals surface area (Å²) in [4.78, 5) is 4.08. The molecule has 0 aliphatic heterocycles. The van der Waals surface area contributed by atoms with Crippen LogP contribution in [0.25, 0.3) is 0 Å². The van der Waals surface area contributed by atoms with Crippen molar-refractivity contribution < 1.29 is 13.2 Å². The summed E-state index contributed by atoms with van der Waals surface area (Å²) in [6.45, 7) is 1.46. The van der Waals surface area contributed by atoms with Gasteiger partial charge >= 0.3 is 0 Å². The minimum Gasteiger partial charge on any atom is -0.385 e. The second kappa shape index (κ2) is 6.41. The fraction of sp³-hybridized carbons (Fsp3) is 0.500. The second-order valence-corrected chi connectivity index (χ2v) is 5.33. The van der Waals surface area contributed by atoms with E-state index in [0.29, 0.717) is 18.1 Å². The normalized spacial score (nSPS) is 11.2. The van der Waals surface area contributed by atoms with Gasteiger partial charge in [0.15, 0.2) is 0 Å². The molecule has 0 aliphatic carbocycles. The van der Waals surface area contributed by atoms with Crippen molar-refractivity contribution in [3.8, 4) is 0 Å². The van der Waals surface area contributed by atoms with E-state index >= 15 is 0 Å². The van der Waals surface area contributed by atoms with Crippen LogP contribution in [-0.2, 0) is 14.8 Å². The first kappa shape index (κ1) is 13.7. The van der Waals surface area contributed by atoms with Crippen molar-refractivity contribution in [1.82, 2.24) is 4.98 Å². The lowest BCUT2D eigenvalue weighted by Gasteiger charge is -2.07. The molecule has 1 aromatic rings. The Morgan fingerprint density at radius 2 is 2.18 bits per heavy atom. The highest BCUT2D eigenvalue weighted by atomic mass is 32.2. The largest absolute Gasteiger partial charge is 0.385 e. The Bertz CT molecular complexity index is 431. The Hall–Kier alpha value is -1.34. The van der Waals surface area contributed by atoms with Gasteiger partial charge in [0.2, 0.25) is 10.0 Å². The Labute approximate surface area is 101 Å². The Morgan fingerprint density at radius 3 is 2.71 bits per heavy atom. The average Bonchev–Trinajstić information content (AvgIpc) is 2.25. The monoisotopic (exact) mass is 259 g/mol. The third-order valence-electron chi connectivity index (χ3n) is 1.90. The maximum atomic E-state index is 11.0. The maximum Gasteiger partial charge on any atom is 0.229 e. The van der Waals surface area contributed by atoms with E-state index in [-0.39, 0.29) is 0 Å². The van der Waals surface area contributed by atoms with Crippen LogP contribution >= 0.6 is 0 Å². The molecule has 0 unspecified atom stereocenters. The topological polar surface area (TPSA) is 80.3 Å². The van der Waals surface area contributed by atoms with Crippen molar-refractivity contribution in [2.24, 2.45) is 0 Å². The van der Waals surface area contributed by atoms with E-state index in [1.165, 1.54) is 6.20 Å². The fourth-order valence-corrected chi connectivity index (χ4v) is 1.75. The molecule has 0 amide bonds. The molecule has 0 bridgehead atoms. The van der Waals surface area contributed by atoms with Crippen LogP contribution in [0, 0.1) is 0 Å². The van der Waals surface area contributed by atoms with Gasteiger partial charge < -0.3 is 10.1 Å².